The monoisotopic (exact) mass is 154 g/mol. The number of hydrogen-bond acceptors (Lipinski definition) is 2. The first-order valence-electron chi connectivity index (χ1n) is 3.99. The lowest BCUT2D eigenvalue weighted by Gasteiger charge is -2.18. The predicted molar refractivity (Wildman–Crippen MR) is 43.1 cm³/mol. The minimum atomic E-state index is 0.255. The summed E-state index contributed by atoms with van der Waals surface area (Å²) in [6, 6.07) is 0. The van der Waals surface area contributed by atoms with E-state index in [1.807, 2.05) is 0 Å². The second-order valence-corrected chi connectivity index (χ2v) is 3.15. The molecule has 1 fully saturated rings. The summed E-state index contributed by atoms with van der Waals surface area (Å²) in [7, 11) is 1.58. The maximum atomic E-state index is 11.2. The number of carbonyl (C=O) groups excluding carboxylic acids is 1. The first-order valence-corrected chi connectivity index (χ1v) is 3.99. The summed E-state index contributed by atoms with van der Waals surface area (Å²) in [5.41, 5.74) is 0.853. The quantitative estimate of drug-likeness (QED) is 0.426. The second-order valence-electron chi connectivity index (χ2n) is 3.15. The zero-order chi connectivity index (χ0) is 8.27. The van der Waals surface area contributed by atoms with E-state index in [1.54, 1.807) is 13.4 Å². The van der Waals surface area contributed by atoms with E-state index in [1.165, 1.54) is 0 Å². The first kappa shape index (κ1) is 8.31. The molecule has 1 atom stereocenters. The van der Waals surface area contributed by atoms with E-state index >= 15 is 0 Å². The lowest BCUT2D eigenvalue weighted by molar-refractivity contribution is -0.117. The summed E-state index contributed by atoms with van der Waals surface area (Å²) < 4.78 is 4.82. The van der Waals surface area contributed by atoms with Crippen LogP contribution in [0.25, 0.3) is 0 Å². The smallest absolute Gasteiger partial charge is 0.161 e. The maximum absolute atomic E-state index is 11.2. The average Bonchev–Trinajstić information content (AvgIpc) is 1.98. The van der Waals surface area contributed by atoms with Gasteiger partial charge in [-0.25, -0.2) is 0 Å². The molecule has 0 heterocycles. The van der Waals surface area contributed by atoms with Gasteiger partial charge in [0.05, 0.1) is 13.4 Å². The minimum absolute atomic E-state index is 0.255. The van der Waals surface area contributed by atoms with Crippen LogP contribution in [0.2, 0.25) is 0 Å². The Morgan fingerprint density at radius 3 is 3.00 bits per heavy atom. The average molecular weight is 154 g/mol. The van der Waals surface area contributed by atoms with Crippen molar-refractivity contribution in [3.63, 3.8) is 0 Å². The van der Waals surface area contributed by atoms with Gasteiger partial charge in [-0.3, -0.25) is 4.79 Å². The van der Waals surface area contributed by atoms with Crippen molar-refractivity contribution in [1.29, 1.82) is 0 Å². The molecule has 0 radical (unpaired) electrons. The van der Waals surface area contributed by atoms with Gasteiger partial charge in [-0.2, -0.15) is 0 Å². The minimum Gasteiger partial charge on any atom is -0.504 e. The van der Waals surface area contributed by atoms with Gasteiger partial charge in [0.15, 0.2) is 5.78 Å². The van der Waals surface area contributed by atoms with E-state index in [0.29, 0.717) is 12.3 Å². The molecule has 1 aliphatic carbocycles. The van der Waals surface area contributed by atoms with Crippen molar-refractivity contribution in [1.82, 2.24) is 0 Å². The Balaban J connectivity index is 2.61. The molecule has 0 saturated heterocycles. The number of allylic oxidation sites excluding steroid dienone is 1. The molecule has 2 heteroatoms. The van der Waals surface area contributed by atoms with Crippen LogP contribution in [0, 0.1) is 5.92 Å². The molecular weight excluding hydrogens is 140 g/mol. The normalized spacial score (nSPS) is 29.1. The summed E-state index contributed by atoms with van der Waals surface area (Å²) >= 11 is 0. The first-order chi connectivity index (χ1) is 5.24. The molecule has 0 spiro atoms. The molecule has 1 saturated carbocycles. The lowest BCUT2D eigenvalue weighted by atomic mass is 9.86. The summed E-state index contributed by atoms with van der Waals surface area (Å²) in [6.45, 7) is 2.16. The SMILES string of the molecule is CO/C=C1/CC(C)CCC1=O. The van der Waals surface area contributed by atoms with Crippen LogP contribution in [0.15, 0.2) is 11.8 Å². The molecule has 0 aromatic rings. The Kier molecular flexibility index (Phi) is 2.69. The molecule has 62 valence electrons. The number of ketones is 1. The van der Waals surface area contributed by atoms with E-state index in [4.69, 9.17) is 4.74 Å². The van der Waals surface area contributed by atoms with Gasteiger partial charge >= 0.3 is 0 Å². The number of Topliss-reactive ketones (excluding diaryl/α,β-unsaturated/α-hetero) is 1. The van der Waals surface area contributed by atoms with Crippen LogP contribution in [-0.4, -0.2) is 12.9 Å². The molecule has 2 nitrogen and oxygen atoms in total. The number of methoxy groups -OCH3 is 1. The van der Waals surface area contributed by atoms with Crippen LogP contribution in [0.4, 0.5) is 0 Å². The summed E-state index contributed by atoms with van der Waals surface area (Å²) in [4.78, 5) is 11.2. The third-order valence-electron chi connectivity index (χ3n) is 2.05. The van der Waals surface area contributed by atoms with Crippen molar-refractivity contribution in [2.75, 3.05) is 7.11 Å². The van der Waals surface area contributed by atoms with Crippen molar-refractivity contribution in [2.24, 2.45) is 5.92 Å². The maximum Gasteiger partial charge on any atom is 0.161 e. The zero-order valence-corrected chi connectivity index (χ0v) is 7.09. The zero-order valence-electron chi connectivity index (χ0n) is 7.09. The predicted octanol–water partition coefficient (Wildman–Crippen LogP) is 1.91. The van der Waals surface area contributed by atoms with Crippen LogP contribution < -0.4 is 0 Å². The Morgan fingerprint density at radius 1 is 1.64 bits per heavy atom. The Morgan fingerprint density at radius 2 is 2.36 bits per heavy atom. The summed E-state index contributed by atoms with van der Waals surface area (Å²) in [5, 5.41) is 0. The third-order valence-corrected chi connectivity index (χ3v) is 2.05. The summed E-state index contributed by atoms with van der Waals surface area (Å²) in [5.74, 6) is 0.888. The van der Waals surface area contributed by atoms with Crippen LogP contribution >= 0.6 is 0 Å². The molecule has 0 aliphatic heterocycles. The standard InChI is InChI=1S/C9H14O2/c1-7-3-4-9(10)8(5-7)6-11-2/h6-7H,3-5H2,1-2H3/b8-6-. The van der Waals surface area contributed by atoms with Crippen molar-refractivity contribution < 1.29 is 9.53 Å². The van der Waals surface area contributed by atoms with Crippen molar-refractivity contribution in [2.45, 2.75) is 26.2 Å². The lowest BCUT2D eigenvalue weighted by Crippen LogP contribution is -2.14. The highest BCUT2D eigenvalue weighted by Gasteiger charge is 2.20. The Hall–Kier alpha value is -0.790. The van der Waals surface area contributed by atoms with E-state index in [9.17, 15) is 4.79 Å². The van der Waals surface area contributed by atoms with Crippen LogP contribution in [0.5, 0.6) is 0 Å². The fraction of sp³-hybridized carbons (Fsp3) is 0.667. The molecule has 0 bridgehead atoms. The number of hydrogen-bond donors (Lipinski definition) is 0. The highest BCUT2D eigenvalue weighted by atomic mass is 16.5. The van der Waals surface area contributed by atoms with Gasteiger partial charge < -0.3 is 4.74 Å². The van der Waals surface area contributed by atoms with Gasteiger partial charge in [0.1, 0.15) is 0 Å². The van der Waals surface area contributed by atoms with Gasteiger partial charge in [0.2, 0.25) is 0 Å². The molecule has 1 rings (SSSR count). The fourth-order valence-electron chi connectivity index (χ4n) is 1.39. The topological polar surface area (TPSA) is 26.3 Å². The van der Waals surface area contributed by atoms with E-state index in [0.717, 1.165) is 18.4 Å². The Bertz CT molecular complexity index is 182. The molecule has 1 unspecified atom stereocenters. The molecule has 1 aliphatic rings. The molecule has 0 amide bonds. The largest absolute Gasteiger partial charge is 0.504 e. The number of carbonyl (C=O) groups is 1. The van der Waals surface area contributed by atoms with E-state index in [2.05, 4.69) is 6.92 Å². The van der Waals surface area contributed by atoms with Gasteiger partial charge in [-0.1, -0.05) is 6.92 Å². The van der Waals surface area contributed by atoms with E-state index < -0.39 is 0 Å². The van der Waals surface area contributed by atoms with Gasteiger partial charge in [0, 0.05) is 12.0 Å². The molecule has 0 N–H and O–H groups in total. The molecular formula is C9H14O2. The van der Waals surface area contributed by atoms with Crippen molar-refractivity contribution in [3.05, 3.63) is 11.8 Å². The summed E-state index contributed by atoms with van der Waals surface area (Å²) in [6.07, 6.45) is 4.18. The van der Waals surface area contributed by atoms with Gasteiger partial charge in [-0.15, -0.1) is 0 Å². The third kappa shape index (κ3) is 2.07. The molecule has 0 aromatic heterocycles. The van der Waals surface area contributed by atoms with Crippen molar-refractivity contribution in [3.8, 4) is 0 Å². The van der Waals surface area contributed by atoms with Gasteiger partial charge in [-0.05, 0) is 18.8 Å². The molecule has 11 heavy (non-hydrogen) atoms. The number of rotatable bonds is 1. The van der Waals surface area contributed by atoms with Crippen LogP contribution in [0.3, 0.4) is 0 Å². The second kappa shape index (κ2) is 3.56. The van der Waals surface area contributed by atoms with Crippen LogP contribution in [0.1, 0.15) is 26.2 Å². The van der Waals surface area contributed by atoms with Gasteiger partial charge in [0.25, 0.3) is 0 Å². The highest BCUT2D eigenvalue weighted by molar-refractivity contribution is 5.95. The van der Waals surface area contributed by atoms with E-state index in [-0.39, 0.29) is 5.78 Å². The van der Waals surface area contributed by atoms with Crippen molar-refractivity contribution >= 4 is 5.78 Å². The fourth-order valence-corrected chi connectivity index (χ4v) is 1.39. The highest BCUT2D eigenvalue weighted by Crippen LogP contribution is 2.24. The Labute approximate surface area is 67.2 Å². The number of ether oxygens (including phenoxy) is 1. The van der Waals surface area contributed by atoms with Crippen LogP contribution in [-0.2, 0) is 9.53 Å². The molecule has 0 aromatic carbocycles.